The summed E-state index contributed by atoms with van der Waals surface area (Å²) in [5.41, 5.74) is 5.15. The van der Waals surface area contributed by atoms with Crippen molar-refractivity contribution in [3.8, 4) is 0 Å². The third kappa shape index (κ3) is 1.67. The zero-order valence-corrected chi connectivity index (χ0v) is 7.42. The highest BCUT2D eigenvalue weighted by Gasteiger charge is 2.26. The molecular weight excluding hydrogens is 188 g/mol. The van der Waals surface area contributed by atoms with Crippen LogP contribution in [0.3, 0.4) is 0 Å². The molecule has 1 fully saturated rings. The fourth-order valence-corrected chi connectivity index (χ4v) is 1.33. The summed E-state index contributed by atoms with van der Waals surface area (Å²) in [5.74, 6) is 0.441. The zero-order chi connectivity index (χ0) is 9.97. The van der Waals surface area contributed by atoms with Gasteiger partial charge in [-0.15, -0.1) is 0 Å². The van der Waals surface area contributed by atoms with Crippen molar-refractivity contribution in [1.29, 1.82) is 0 Å². The number of amides is 2. The third-order valence-electron chi connectivity index (χ3n) is 2.04. The summed E-state index contributed by atoms with van der Waals surface area (Å²) in [6.07, 6.45) is 0.886. The van der Waals surface area contributed by atoms with Crippen LogP contribution in [-0.4, -0.2) is 40.8 Å². The molecule has 0 bridgehead atoms. The van der Waals surface area contributed by atoms with Gasteiger partial charge in [-0.25, -0.2) is 4.79 Å². The summed E-state index contributed by atoms with van der Waals surface area (Å²) in [4.78, 5) is 16.2. The number of rotatable bonds is 1. The highest BCUT2D eigenvalue weighted by molar-refractivity contribution is 5.72. The molecule has 0 saturated carbocycles. The van der Waals surface area contributed by atoms with Gasteiger partial charge in [0.25, 0.3) is 0 Å². The monoisotopic (exact) mass is 198 g/mol. The van der Waals surface area contributed by atoms with Crippen LogP contribution in [0.25, 0.3) is 0 Å². The highest BCUT2D eigenvalue weighted by atomic mass is 16.5. The van der Waals surface area contributed by atoms with E-state index in [-0.39, 0.29) is 6.10 Å². The predicted octanol–water partition coefficient (Wildman–Crippen LogP) is -0.478. The lowest BCUT2D eigenvalue weighted by Gasteiger charge is -2.29. The van der Waals surface area contributed by atoms with Crippen molar-refractivity contribution in [2.45, 2.75) is 6.10 Å². The average molecular weight is 198 g/mol. The maximum atomic E-state index is 10.9. The molecule has 1 saturated heterocycles. The van der Waals surface area contributed by atoms with E-state index in [1.54, 1.807) is 0 Å². The van der Waals surface area contributed by atoms with Crippen molar-refractivity contribution in [2.24, 2.45) is 5.73 Å². The number of hydrogen-bond acceptors (Lipinski definition) is 5. The number of hydrogen-bond donors (Lipinski definition) is 1. The number of aromatic nitrogens is 2. The molecule has 1 aliphatic heterocycles. The topological polar surface area (TPSA) is 94.5 Å². The van der Waals surface area contributed by atoms with E-state index >= 15 is 0 Å². The molecule has 7 heteroatoms. The molecule has 0 aromatic carbocycles. The summed E-state index contributed by atoms with van der Waals surface area (Å²) >= 11 is 0. The minimum absolute atomic E-state index is 0.338. The summed E-state index contributed by atoms with van der Waals surface area (Å²) < 4.78 is 9.96. The van der Waals surface area contributed by atoms with Crippen molar-refractivity contribution >= 4 is 6.03 Å². The lowest BCUT2D eigenvalue weighted by Crippen LogP contribution is -2.45. The Morgan fingerprint density at radius 1 is 1.71 bits per heavy atom. The van der Waals surface area contributed by atoms with Crippen LogP contribution in [-0.2, 0) is 4.74 Å². The Morgan fingerprint density at radius 3 is 3.21 bits per heavy atom. The van der Waals surface area contributed by atoms with Crippen molar-refractivity contribution in [2.75, 3.05) is 19.7 Å². The second-order valence-corrected chi connectivity index (χ2v) is 2.93. The third-order valence-corrected chi connectivity index (χ3v) is 2.04. The molecular formula is C7H10N4O3. The normalized spacial score (nSPS) is 22.3. The maximum absolute atomic E-state index is 10.9. The van der Waals surface area contributed by atoms with Gasteiger partial charge in [-0.1, -0.05) is 5.16 Å². The van der Waals surface area contributed by atoms with Gasteiger partial charge in [0.2, 0.25) is 12.2 Å². The summed E-state index contributed by atoms with van der Waals surface area (Å²) in [5, 5.41) is 3.64. The van der Waals surface area contributed by atoms with Gasteiger partial charge in [-0.05, 0) is 0 Å². The van der Waals surface area contributed by atoms with Gasteiger partial charge < -0.3 is 19.9 Å². The van der Waals surface area contributed by atoms with Crippen molar-refractivity contribution in [1.82, 2.24) is 15.0 Å². The smallest absolute Gasteiger partial charge is 0.314 e. The molecule has 1 unspecified atom stereocenters. The fourth-order valence-electron chi connectivity index (χ4n) is 1.33. The average Bonchev–Trinajstić information content (AvgIpc) is 2.71. The summed E-state index contributed by atoms with van der Waals surface area (Å²) in [7, 11) is 0. The second kappa shape index (κ2) is 3.62. The molecule has 1 atom stereocenters. The number of carbonyl (C=O) groups excluding carboxylic acids is 1. The van der Waals surface area contributed by atoms with E-state index in [1.807, 2.05) is 0 Å². The van der Waals surface area contributed by atoms with Gasteiger partial charge in [0.15, 0.2) is 0 Å². The number of morpholine rings is 1. The molecule has 76 valence electrons. The molecule has 2 amide bonds. The van der Waals surface area contributed by atoms with Gasteiger partial charge in [-0.2, -0.15) is 4.98 Å². The van der Waals surface area contributed by atoms with Crippen LogP contribution in [0.5, 0.6) is 0 Å². The quantitative estimate of drug-likeness (QED) is 0.657. The highest BCUT2D eigenvalue weighted by Crippen LogP contribution is 2.18. The van der Waals surface area contributed by atoms with Crippen molar-refractivity contribution in [3.63, 3.8) is 0 Å². The molecule has 0 radical (unpaired) electrons. The first-order chi connectivity index (χ1) is 6.77. The Morgan fingerprint density at radius 2 is 2.57 bits per heavy atom. The summed E-state index contributed by atoms with van der Waals surface area (Å²) in [6.45, 7) is 1.31. The first-order valence-corrected chi connectivity index (χ1v) is 4.19. The molecule has 2 rings (SSSR count). The maximum Gasteiger partial charge on any atom is 0.314 e. The van der Waals surface area contributed by atoms with E-state index in [4.69, 9.17) is 10.5 Å². The fraction of sp³-hybridized carbons (Fsp3) is 0.571. The first-order valence-electron chi connectivity index (χ1n) is 4.19. The van der Waals surface area contributed by atoms with Crippen LogP contribution in [0.15, 0.2) is 10.9 Å². The van der Waals surface area contributed by atoms with E-state index in [0.717, 1.165) is 0 Å². The van der Waals surface area contributed by atoms with Gasteiger partial charge in [0.05, 0.1) is 13.2 Å². The van der Waals surface area contributed by atoms with Crippen LogP contribution >= 0.6 is 0 Å². The largest absolute Gasteiger partial charge is 0.366 e. The Kier molecular flexibility index (Phi) is 2.32. The SMILES string of the molecule is NC(=O)N1CCOC(c2ncon2)C1. The zero-order valence-electron chi connectivity index (χ0n) is 7.42. The number of urea groups is 1. The van der Waals surface area contributed by atoms with E-state index < -0.39 is 6.03 Å². The van der Waals surface area contributed by atoms with E-state index in [1.165, 1.54) is 11.3 Å². The van der Waals surface area contributed by atoms with Crippen molar-refractivity contribution < 1.29 is 14.1 Å². The van der Waals surface area contributed by atoms with Crippen LogP contribution in [0.1, 0.15) is 11.9 Å². The molecule has 7 nitrogen and oxygen atoms in total. The molecule has 2 N–H and O–H groups in total. The summed E-state index contributed by atoms with van der Waals surface area (Å²) in [6, 6.07) is -0.457. The Hall–Kier alpha value is -1.63. The number of nitrogens with two attached hydrogens (primary N) is 1. The van der Waals surface area contributed by atoms with E-state index in [2.05, 4.69) is 14.7 Å². The second-order valence-electron chi connectivity index (χ2n) is 2.93. The minimum atomic E-state index is -0.457. The van der Waals surface area contributed by atoms with Crippen LogP contribution in [0.4, 0.5) is 4.79 Å². The van der Waals surface area contributed by atoms with Gasteiger partial charge in [0, 0.05) is 6.54 Å². The standard InChI is InChI=1S/C7H10N4O3/c8-7(12)11-1-2-13-5(3-11)6-9-4-14-10-6/h4-5H,1-3H2,(H2,8,12). The predicted molar refractivity (Wildman–Crippen MR) is 44.1 cm³/mol. The van der Waals surface area contributed by atoms with Crippen LogP contribution in [0, 0.1) is 0 Å². The van der Waals surface area contributed by atoms with E-state index in [9.17, 15) is 4.79 Å². The Bertz CT molecular complexity index is 313. The number of ether oxygens (including phenoxy) is 1. The molecule has 14 heavy (non-hydrogen) atoms. The lowest BCUT2D eigenvalue weighted by atomic mass is 10.2. The van der Waals surface area contributed by atoms with Crippen LogP contribution in [0.2, 0.25) is 0 Å². The Balaban J connectivity index is 2.04. The van der Waals surface area contributed by atoms with Gasteiger partial charge in [-0.3, -0.25) is 0 Å². The molecule has 1 aromatic heterocycles. The molecule has 0 aliphatic carbocycles. The van der Waals surface area contributed by atoms with Gasteiger partial charge >= 0.3 is 6.03 Å². The Labute approximate surface area is 79.8 Å². The lowest BCUT2D eigenvalue weighted by molar-refractivity contribution is -0.0197. The molecule has 2 heterocycles. The molecule has 1 aliphatic rings. The van der Waals surface area contributed by atoms with Gasteiger partial charge in [0.1, 0.15) is 6.10 Å². The number of carbonyl (C=O) groups is 1. The molecule has 1 aromatic rings. The van der Waals surface area contributed by atoms with Crippen LogP contribution < -0.4 is 5.73 Å². The first kappa shape index (κ1) is 8.95. The molecule has 0 spiro atoms. The minimum Gasteiger partial charge on any atom is -0.366 e. The number of primary amides is 1. The van der Waals surface area contributed by atoms with E-state index in [0.29, 0.717) is 25.5 Å². The number of nitrogens with zero attached hydrogens (tertiary/aromatic N) is 3. The van der Waals surface area contributed by atoms with Crippen molar-refractivity contribution in [3.05, 3.63) is 12.2 Å².